The fraction of sp³-hybridized carbons (Fsp3) is 0.0588. The second kappa shape index (κ2) is 6.05. The molecule has 0 atom stereocenters. The fourth-order valence-corrected chi connectivity index (χ4v) is 2.02. The van der Waals surface area contributed by atoms with Crippen molar-refractivity contribution in [2.24, 2.45) is 0 Å². The third-order valence-corrected chi connectivity index (χ3v) is 3.02. The van der Waals surface area contributed by atoms with Gasteiger partial charge < -0.3 is 9.84 Å². The van der Waals surface area contributed by atoms with Gasteiger partial charge in [-0.2, -0.15) is 0 Å². The van der Waals surface area contributed by atoms with Gasteiger partial charge in [0.1, 0.15) is 0 Å². The summed E-state index contributed by atoms with van der Waals surface area (Å²) in [6, 6.07) is 20.8. The second-order valence-corrected chi connectivity index (χ2v) is 4.64. The van der Waals surface area contributed by atoms with Crippen LogP contribution in [0.15, 0.2) is 71.3 Å². The molecule has 4 heteroatoms. The van der Waals surface area contributed by atoms with E-state index < -0.39 is 0 Å². The Morgan fingerprint density at radius 2 is 1.67 bits per heavy atom. The zero-order chi connectivity index (χ0) is 14.5. The molecule has 104 valence electrons. The molecular formula is C17H14N2O2. The molecule has 0 aliphatic rings. The number of amides is 1. The van der Waals surface area contributed by atoms with Crippen LogP contribution < -0.4 is 5.32 Å². The lowest BCUT2D eigenvalue weighted by molar-refractivity contribution is -0.115. The van der Waals surface area contributed by atoms with Gasteiger partial charge in [-0.25, -0.2) is 0 Å². The Labute approximate surface area is 122 Å². The number of hydrogen-bond donors (Lipinski definition) is 1. The first kappa shape index (κ1) is 13.1. The summed E-state index contributed by atoms with van der Waals surface area (Å²) < 4.78 is 5.27. The Balaban J connectivity index is 1.66. The van der Waals surface area contributed by atoms with Gasteiger partial charge in [0.2, 0.25) is 5.91 Å². The van der Waals surface area contributed by atoms with Crippen LogP contribution in [0.4, 0.5) is 5.69 Å². The van der Waals surface area contributed by atoms with Crippen molar-refractivity contribution in [3.05, 3.63) is 72.4 Å². The van der Waals surface area contributed by atoms with Crippen LogP contribution in [0.25, 0.3) is 11.3 Å². The van der Waals surface area contributed by atoms with Crippen molar-refractivity contribution < 1.29 is 9.32 Å². The highest BCUT2D eigenvalue weighted by molar-refractivity contribution is 5.92. The molecule has 0 aliphatic heterocycles. The van der Waals surface area contributed by atoms with E-state index in [0.717, 1.165) is 11.3 Å². The molecule has 0 spiro atoms. The van der Waals surface area contributed by atoms with Crippen LogP contribution in [0.3, 0.4) is 0 Å². The highest BCUT2D eigenvalue weighted by Gasteiger charge is 2.10. The second-order valence-electron chi connectivity index (χ2n) is 4.64. The minimum absolute atomic E-state index is 0.117. The summed E-state index contributed by atoms with van der Waals surface area (Å²) in [7, 11) is 0. The number of rotatable bonds is 4. The molecule has 0 fully saturated rings. The van der Waals surface area contributed by atoms with Crippen molar-refractivity contribution in [2.75, 3.05) is 5.32 Å². The maximum absolute atomic E-state index is 11.9. The number of anilines is 1. The quantitative estimate of drug-likeness (QED) is 0.794. The van der Waals surface area contributed by atoms with E-state index in [1.165, 1.54) is 0 Å². The van der Waals surface area contributed by atoms with Gasteiger partial charge in [0.15, 0.2) is 5.76 Å². The van der Waals surface area contributed by atoms with Gasteiger partial charge in [-0.05, 0) is 12.1 Å². The van der Waals surface area contributed by atoms with E-state index in [0.29, 0.717) is 11.5 Å². The zero-order valence-electron chi connectivity index (χ0n) is 11.3. The first-order valence-corrected chi connectivity index (χ1v) is 6.67. The summed E-state index contributed by atoms with van der Waals surface area (Å²) in [6.45, 7) is 0. The Bertz CT molecular complexity index is 721. The summed E-state index contributed by atoms with van der Waals surface area (Å²) >= 11 is 0. The Morgan fingerprint density at radius 1 is 1.00 bits per heavy atom. The molecule has 0 radical (unpaired) electrons. The fourth-order valence-electron chi connectivity index (χ4n) is 2.02. The van der Waals surface area contributed by atoms with E-state index in [-0.39, 0.29) is 12.3 Å². The molecule has 0 saturated heterocycles. The van der Waals surface area contributed by atoms with Crippen molar-refractivity contribution >= 4 is 11.6 Å². The molecule has 0 bridgehead atoms. The largest absolute Gasteiger partial charge is 0.356 e. The molecule has 0 unspecified atom stereocenters. The van der Waals surface area contributed by atoms with Crippen molar-refractivity contribution in [2.45, 2.75) is 6.42 Å². The standard InChI is InChI=1S/C17H14N2O2/c20-17(18-14-9-5-2-6-10-14)12-15-11-16(21-19-15)13-7-3-1-4-8-13/h1-11H,12H2,(H,18,20). The average molecular weight is 278 g/mol. The van der Waals surface area contributed by atoms with E-state index >= 15 is 0 Å². The smallest absolute Gasteiger partial charge is 0.230 e. The van der Waals surface area contributed by atoms with Crippen LogP contribution >= 0.6 is 0 Å². The number of nitrogens with one attached hydrogen (secondary N) is 1. The number of hydrogen-bond acceptors (Lipinski definition) is 3. The van der Waals surface area contributed by atoms with Gasteiger partial charge in [0.25, 0.3) is 0 Å². The van der Waals surface area contributed by atoms with Crippen LogP contribution in [-0.4, -0.2) is 11.1 Å². The molecule has 3 aromatic rings. The van der Waals surface area contributed by atoms with Crippen LogP contribution in [0.2, 0.25) is 0 Å². The first-order valence-electron chi connectivity index (χ1n) is 6.67. The molecule has 0 saturated carbocycles. The average Bonchev–Trinajstić information content (AvgIpc) is 2.97. The molecule has 2 aromatic carbocycles. The van der Waals surface area contributed by atoms with E-state index in [9.17, 15) is 4.79 Å². The monoisotopic (exact) mass is 278 g/mol. The summed E-state index contributed by atoms with van der Waals surface area (Å²) in [5.41, 5.74) is 2.33. The Morgan fingerprint density at radius 3 is 2.38 bits per heavy atom. The van der Waals surface area contributed by atoms with Crippen molar-refractivity contribution in [1.82, 2.24) is 5.16 Å². The lowest BCUT2D eigenvalue weighted by Gasteiger charge is -2.02. The molecular weight excluding hydrogens is 264 g/mol. The van der Waals surface area contributed by atoms with E-state index in [1.54, 1.807) is 6.07 Å². The minimum atomic E-state index is -0.117. The minimum Gasteiger partial charge on any atom is -0.356 e. The number of para-hydroxylation sites is 1. The molecule has 3 rings (SSSR count). The molecule has 0 aliphatic carbocycles. The van der Waals surface area contributed by atoms with E-state index in [1.807, 2.05) is 60.7 Å². The predicted octanol–water partition coefficient (Wildman–Crippen LogP) is 3.52. The molecule has 21 heavy (non-hydrogen) atoms. The molecule has 1 amide bonds. The molecule has 1 aromatic heterocycles. The maximum atomic E-state index is 11.9. The molecule has 1 heterocycles. The number of carbonyl (C=O) groups excluding carboxylic acids is 1. The van der Waals surface area contributed by atoms with Crippen molar-refractivity contribution in [3.8, 4) is 11.3 Å². The van der Waals surface area contributed by atoms with Crippen LogP contribution in [0.5, 0.6) is 0 Å². The zero-order valence-corrected chi connectivity index (χ0v) is 11.3. The number of nitrogens with zero attached hydrogens (tertiary/aromatic N) is 1. The Hall–Kier alpha value is -2.88. The number of carbonyl (C=O) groups is 1. The highest BCUT2D eigenvalue weighted by Crippen LogP contribution is 2.20. The Kier molecular flexibility index (Phi) is 3.78. The third-order valence-electron chi connectivity index (χ3n) is 3.02. The predicted molar refractivity (Wildman–Crippen MR) is 80.7 cm³/mol. The first-order chi connectivity index (χ1) is 10.3. The van der Waals surface area contributed by atoms with E-state index in [4.69, 9.17) is 4.52 Å². The normalized spacial score (nSPS) is 10.3. The third kappa shape index (κ3) is 3.36. The van der Waals surface area contributed by atoms with Crippen molar-refractivity contribution in [3.63, 3.8) is 0 Å². The van der Waals surface area contributed by atoms with Crippen molar-refractivity contribution in [1.29, 1.82) is 0 Å². The highest BCUT2D eigenvalue weighted by atomic mass is 16.5. The van der Waals surface area contributed by atoms with Gasteiger partial charge >= 0.3 is 0 Å². The van der Waals surface area contributed by atoms with Crippen LogP contribution in [0, 0.1) is 0 Å². The van der Waals surface area contributed by atoms with Gasteiger partial charge in [-0.1, -0.05) is 53.7 Å². The van der Waals surface area contributed by atoms with Crippen LogP contribution in [-0.2, 0) is 11.2 Å². The molecule has 4 nitrogen and oxygen atoms in total. The SMILES string of the molecule is O=C(Cc1cc(-c2ccccc2)on1)Nc1ccccc1. The van der Waals surface area contributed by atoms with E-state index in [2.05, 4.69) is 10.5 Å². The topological polar surface area (TPSA) is 55.1 Å². The lowest BCUT2D eigenvalue weighted by Crippen LogP contribution is -2.14. The summed E-state index contributed by atoms with van der Waals surface area (Å²) in [5.74, 6) is 0.548. The summed E-state index contributed by atoms with van der Waals surface area (Å²) in [4.78, 5) is 11.9. The van der Waals surface area contributed by atoms with Gasteiger partial charge in [0.05, 0.1) is 12.1 Å². The van der Waals surface area contributed by atoms with Gasteiger partial charge in [-0.15, -0.1) is 0 Å². The maximum Gasteiger partial charge on any atom is 0.230 e. The molecule has 1 N–H and O–H groups in total. The van der Waals surface area contributed by atoms with Crippen LogP contribution in [0.1, 0.15) is 5.69 Å². The summed E-state index contributed by atoms with van der Waals surface area (Å²) in [6.07, 6.45) is 0.186. The summed E-state index contributed by atoms with van der Waals surface area (Å²) in [5, 5.41) is 6.76. The van der Waals surface area contributed by atoms with Gasteiger partial charge in [0, 0.05) is 17.3 Å². The number of aromatic nitrogens is 1. The number of benzene rings is 2. The van der Waals surface area contributed by atoms with Gasteiger partial charge in [-0.3, -0.25) is 4.79 Å². The lowest BCUT2D eigenvalue weighted by atomic mass is 10.1.